The first-order chi connectivity index (χ1) is 12.0. The molecule has 144 valence electrons. The summed E-state index contributed by atoms with van der Waals surface area (Å²) in [6.07, 6.45) is 0.639. The minimum Gasteiger partial charge on any atom is -0.465 e. The minimum atomic E-state index is -0.863. The Bertz CT molecular complexity index is 699. The quantitative estimate of drug-likeness (QED) is 0.791. The summed E-state index contributed by atoms with van der Waals surface area (Å²) in [5.74, 6) is -0.309. The second-order valence-electron chi connectivity index (χ2n) is 8.08. The average Bonchev–Trinajstić information content (AvgIpc) is 2.49. The van der Waals surface area contributed by atoms with Crippen molar-refractivity contribution in [2.75, 3.05) is 18.4 Å². The maximum atomic E-state index is 12.7. The number of rotatable bonds is 3. The molecule has 0 bridgehead atoms. The fourth-order valence-corrected chi connectivity index (χ4v) is 3.47. The molecule has 6 heteroatoms. The Labute approximate surface area is 155 Å². The molecule has 1 aliphatic heterocycles. The van der Waals surface area contributed by atoms with Crippen LogP contribution in [0.1, 0.15) is 60.7 Å². The van der Waals surface area contributed by atoms with E-state index < -0.39 is 11.7 Å². The monoisotopic (exact) mass is 362 g/mol. The number of piperidine rings is 1. The van der Waals surface area contributed by atoms with Gasteiger partial charge >= 0.3 is 12.1 Å². The van der Waals surface area contributed by atoms with Crippen LogP contribution in [-0.4, -0.2) is 46.8 Å². The summed E-state index contributed by atoms with van der Waals surface area (Å²) in [7, 11) is 0. The Kier molecular flexibility index (Phi) is 5.84. The van der Waals surface area contributed by atoms with E-state index in [4.69, 9.17) is 9.84 Å². The normalized spacial score (nSPS) is 15.7. The number of hydrogen-bond acceptors (Lipinski definition) is 4. The molecule has 1 aromatic rings. The maximum absolute atomic E-state index is 12.7. The second kappa shape index (κ2) is 7.56. The lowest BCUT2D eigenvalue weighted by molar-refractivity contribution is 0.00679. The van der Waals surface area contributed by atoms with Crippen LogP contribution in [-0.2, 0) is 4.74 Å². The number of nitrogens with one attached hydrogen (secondary N) is 1. The molecule has 0 aromatic heterocycles. The summed E-state index contributed by atoms with van der Waals surface area (Å²) in [6.45, 7) is 12.5. The number of esters is 1. The summed E-state index contributed by atoms with van der Waals surface area (Å²) in [4.78, 5) is 25.2. The number of carbonyl (C=O) groups excluding carboxylic acids is 1. The summed E-state index contributed by atoms with van der Waals surface area (Å²) in [6, 6.07) is 2.19. The van der Waals surface area contributed by atoms with E-state index in [-0.39, 0.29) is 12.0 Å². The van der Waals surface area contributed by atoms with Crippen molar-refractivity contribution in [3.05, 3.63) is 28.3 Å². The first kappa shape index (κ1) is 20.1. The maximum Gasteiger partial charge on any atom is 0.407 e. The summed E-state index contributed by atoms with van der Waals surface area (Å²) in [5, 5.41) is 12.6. The Morgan fingerprint density at radius 3 is 2.23 bits per heavy atom. The van der Waals surface area contributed by atoms with E-state index in [1.807, 2.05) is 47.6 Å². The Morgan fingerprint density at radius 1 is 1.15 bits per heavy atom. The van der Waals surface area contributed by atoms with E-state index in [9.17, 15) is 9.59 Å². The van der Waals surface area contributed by atoms with Gasteiger partial charge in [-0.05, 0) is 71.1 Å². The molecule has 6 nitrogen and oxygen atoms in total. The smallest absolute Gasteiger partial charge is 0.407 e. The van der Waals surface area contributed by atoms with Crippen LogP contribution in [0.25, 0.3) is 0 Å². The van der Waals surface area contributed by atoms with Gasteiger partial charge in [0, 0.05) is 24.8 Å². The van der Waals surface area contributed by atoms with Crippen LogP contribution in [0.5, 0.6) is 0 Å². The lowest BCUT2D eigenvalue weighted by Gasteiger charge is -2.32. The van der Waals surface area contributed by atoms with Crippen LogP contribution in [0.3, 0.4) is 0 Å². The van der Waals surface area contributed by atoms with Gasteiger partial charge in [0.25, 0.3) is 0 Å². The highest BCUT2D eigenvalue weighted by atomic mass is 16.6. The summed E-state index contributed by atoms with van der Waals surface area (Å²) >= 11 is 0. The van der Waals surface area contributed by atoms with Crippen molar-refractivity contribution in [2.45, 2.75) is 66.0 Å². The molecule has 0 spiro atoms. The molecule has 0 saturated carbocycles. The third-order valence-corrected chi connectivity index (χ3v) is 4.69. The number of nitrogens with zero attached hydrogens (tertiary/aromatic N) is 1. The van der Waals surface area contributed by atoms with Crippen molar-refractivity contribution >= 4 is 17.7 Å². The van der Waals surface area contributed by atoms with Crippen molar-refractivity contribution in [3.8, 4) is 0 Å². The Balaban J connectivity index is 2.23. The van der Waals surface area contributed by atoms with Crippen LogP contribution < -0.4 is 5.32 Å². The zero-order chi connectivity index (χ0) is 19.6. The van der Waals surface area contributed by atoms with Crippen LogP contribution >= 0.6 is 0 Å². The highest BCUT2D eigenvalue weighted by Crippen LogP contribution is 2.30. The number of carbonyl (C=O) groups is 2. The van der Waals surface area contributed by atoms with Crippen molar-refractivity contribution in [3.63, 3.8) is 0 Å². The van der Waals surface area contributed by atoms with Crippen LogP contribution in [0, 0.1) is 20.8 Å². The molecule has 0 radical (unpaired) electrons. The van der Waals surface area contributed by atoms with Gasteiger partial charge in [-0.2, -0.15) is 0 Å². The van der Waals surface area contributed by atoms with Gasteiger partial charge in [0.2, 0.25) is 0 Å². The highest BCUT2D eigenvalue weighted by Gasteiger charge is 2.26. The molecule has 1 heterocycles. The van der Waals surface area contributed by atoms with E-state index >= 15 is 0 Å². The van der Waals surface area contributed by atoms with Crippen molar-refractivity contribution in [1.82, 2.24) is 4.90 Å². The number of anilines is 1. The van der Waals surface area contributed by atoms with E-state index in [1.165, 1.54) is 4.90 Å². The lowest BCUT2D eigenvalue weighted by atomic mass is 9.95. The first-order valence-electron chi connectivity index (χ1n) is 9.08. The molecular weight excluding hydrogens is 332 g/mol. The van der Waals surface area contributed by atoms with Gasteiger partial charge in [0.15, 0.2) is 0 Å². The minimum absolute atomic E-state index is 0.192. The molecule has 1 aromatic carbocycles. The Morgan fingerprint density at radius 2 is 1.73 bits per heavy atom. The summed E-state index contributed by atoms with van der Waals surface area (Å²) < 4.78 is 5.57. The SMILES string of the molecule is Cc1cc(C)c(C(=O)OC(C)(C)C)c(C)c1NC1CCN(C(=O)O)CC1. The van der Waals surface area contributed by atoms with E-state index in [1.54, 1.807) is 0 Å². The third kappa shape index (κ3) is 4.68. The lowest BCUT2D eigenvalue weighted by Crippen LogP contribution is -2.41. The number of likely N-dealkylation sites (tertiary alicyclic amines) is 1. The number of hydrogen-bond donors (Lipinski definition) is 2. The highest BCUT2D eigenvalue weighted by molar-refractivity contribution is 5.95. The zero-order valence-electron chi connectivity index (χ0n) is 16.6. The van der Waals surface area contributed by atoms with E-state index in [2.05, 4.69) is 5.32 Å². The van der Waals surface area contributed by atoms with Gasteiger partial charge in [-0.3, -0.25) is 0 Å². The van der Waals surface area contributed by atoms with Crippen molar-refractivity contribution < 1.29 is 19.4 Å². The van der Waals surface area contributed by atoms with Crippen LogP contribution in [0.15, 0.2) is 6.07 Å². The second-order valence-corrected chi connectivity index (χ2v) is 8.08. The first-order valence-corrected chi connectivity index (χ1v) is 9.08. The number of carboxylic acid groups (broad SMARTS) is 1. The topological polar surface area (TPSA) is 78.9 Å². The molecular formula is C20H30N2O4. The van der Waals surface area contributed by atoms with Gasteiger partial charge in [0.05, 0.1) is 5.56 Å². The number of ether oxygens (including phenoxy) is 1. The molecule has 0 unspecified atom stereocenters. The number of benzene rings is 1. The number of amides is 1. The fourth-order valence-electron chi connectivity index (χ4n) is 3.47. The molecule has 1 saturated heterocycles. The van der Waals surface area contributed by atoms with Gasteiger partial charge in [-0.1, -0.05) is 6.07 Å². The number of aryl methyl sites for hydroxylation is 2. The van der Waals surface area contributed by atoms with Gasteiger partial charge in [-0.25, -0.2) is 9.59 Å². The third-order valence-electron chi connectivity index (χ3n) is 4.69. The van der Waals surface area contributed by atoms with Crippen LogP contribution in [0.4, 0.5) is 10.5 Å². The van der Waals surface area contributed by atoms with Crippen molar-refractivity contribution in [1.29, 1.82) is 0 Å². The van der Waals surface area contributed by atoms with Crippen molar-refractivity contribution in [2.24, 2.45) is 0 Å². The zero-order valence-corrected chi connectivity index (χ0v) is 16.6. The van der Waals surface area contributed by atoms with Gasteiger partial charge < -0.3 is 20.1 Å². The summed E-state index contributed by atoms with van der Waals surface area (Å²) in [5.41, 5.74) is 3.88. The predicted molar refractivity (Wildman–Crippen MR) is 102 cm³/mol. The largest absolute Gasteiger partial charge is 0.465 e. The standard InChI is InChI=1S/C20H30N2O4/c1-12-11-13(2)17(14(3)16(12)18(23)26-20(4,5)6)21-15-7-9-22(10-8-15)19(24)25/h11,15,21H,7-10H2,1-6H3,(H,24,25). The molecule has 0 atom stereocenters. The molecule has 0 aliphatic carbocycles. The molecule has 1 amide bonds. The average molecular weight is 362 g/mol. The molecule has 2 rings (SSSR count). The predicted octanol–water partition coefficient (Wildman–Crippen LogP) is 4.12. The molecule has 2 N–H and O–H groups in total. The Hall–Kier alpha value is -2.24. The van der Waals surface area contributed by atoms with Gasteiger partial charge in [0.1, 0.15) is 5.60 Å². The fraction of sp³-hybridized carbons (Fsp3) is 0.600. The molecule has 1 aliphatic rings. The van der Waals surface area contributed by atoms with E-state index in [0.717, 1.165) is 35.2 Å². The van der Waals surface area contributed by atoms with Crippen LogP contribution in [0.2, 0.25) is 0 Å². The molecule has 1 fully saturated rings. The van der Waals surface area contributed by atoms with E-state index in [0.29, 0.717) is 18.7 Å². The molecule has 26 heavy (non-hydrogen) atoms. The van der Waals surface area contributed by atoms with Gasteiger partial charge in [-0.15, -0.1) is 0 Å².